The number of rotatable bonds is 4. The van der Waals surface area contributed by atoms with Crippen LogP contribution < -0.4 is 5.73 Å². The molecule has 0 aromatic rings. The van der Waals surface area contributed by atoms with Gasteiger partial charge in [0.25, 0.3) is 0 Å². The van der Waals surface area contributed by atoms with Gasteiger partial charge in [-0.25, -0.2) is 0 Å². The highest BCUT2D eigenvalue weighted by molar-refractivity contribution is 5.98. The predicted octanol–water partition coefficient (Wildman–Crippen LogP) is 1.45. The van der Waals surface area contributed by atoms with Crippen molar-refractivity contribution in [3.63, 3.8) is 0 Å². The smallest absolute Gasteiger partial charge is 0.176 e. The summed E-state index contributed by atoms with van der Waals surface area (Å²) in [6, 6.07) is -0.403. The minimum absolute atomic E-state index is 0. The van der Waals surface area contributed by atoms with Gasteiger partial charge < -0.3 is 10.5 Å². The summed E-state index contributed by atoms with van der Waals surface area (Å²) in [6.45, 7) is 11.5. The van der Waals surface area contributed by atoms with E-state index >= 15 is 0 Å². The molecule has 4 heteroatoms. The van der Waals surface area contributed by atoms with Crippen molar-refractivity contribution in [2.24, 2.45) is 5.73 Å². The SMILES string of the molecule is CC.CC=C(C)C(=O)[C@@H](N)CN1CCOCC1.[HH]. The van der Waals surface area contributed by atoms with Crippen molar-refractivity contribution in [1.29, 1.82) is 0 Å². The highest BCUT2D eigenvalue weighted by atomic mass is 16.5. The van der Waals surface area contributed by atoms with Crippen LogP contribution in [0.2, 0.25) is 0 Å². The van der Waals surface area contributed by atoms with E-state index in [-0.39, 0.29) is 7.21 Å². The molecule has 1 heterocycles. The van der Waals surface area contributed by atoms with Crippen LogP contribution in [-0.2, 0) is 9.53 Å². The molecule has 0 aromatic heterocycles. The molecule has 1 saturated heterocycles. The summed E-state index contributed by atoms with van der Waals surface area (Å²) in [6.07, 6.45) is 1.81. The van der Waals surface area contributed by atoms with E-state index in [2.05, 4.69) is 4.90 Å². The highest BCUT2D eigenvalue weighted by Gasteiger charge is 2.19. The maximum absolute atomic E-state index is 11.7. The van der Waals surface area contributed by atoms with Gasteiger partial charge >= 0.3 is 0 Å². The first kappa shape index (κ1) is 16.3. The number of carbonyl (C=O) groups is 1. The van der Waals surface area contributed by atoms with E-state index in [1.165, 1.54) is 0 Å². The lowest BCUT2D eigenvalue weighted by molar-refractivity contribution is -0.117. The van der Waals surface area contributed by atoms with Crippen LogP contribution in [0.5, 0.6) is 0 Å². The second-order valence-corrected chi connectivity index (χ2v) is 3.86. The van der Waals surface area contributed by atoms with Crippen molar-refractivity contribution in [3.05, 3.63) is 11.6 Å². The number of ether oxygens (including phenoxy) is 1. The largest absolute Gasteiger partial charge is 0.379 e. The molecule has 0 unspecified atom stereocenters. The summed E-state index contributed by atoms with van der Waals surface area (Å²) < 4.78 is 5.23. The number of carbonyl (C=O) groups excluding carboxylic acids is 1. The van der Waals surface area contributed by atoms with Gasteiger partial charge in [0, 0.05) is 21.1 Å². The Balaban J connectivity index is 0. The minimum Gasteiger partial charge on any atom is -0.379 e. The molecule has 0 saturated carbocycles. The van der Waals surface area contributed by atoms with Gasteiger partial charge in [-0.15, -0.1) is 0 Å². The summed E-state index contributed by atoms with van der Waals surface area (Å²) in [4.78, 5) is 13.9. The second-order valence-electron chi connectivity index (χ2n) is 3.86. The molecule has 0 amide bonds. The van der Waals surface area contributed by atoms with Crippen LogP contribution in [-0.4, -0.2) is 49.6 Å². The van der Waals surface area contributed by atoms with E-state index < -0.39 is 6.04 Å². The van der Waals surface area contributed by atoms with Gasteiger partial charge in [-0.05, 0) is 19.4 Å². The lowest BCUT2D eigenvalue weighted by Crippen LogP contribution is -2.47. The van der Waals surface area contributed by atoms with Gasteiger partial charge in [-0.3, -0.25) is 9.69 Å². The predicted molar refractivity (Wildman–Crippen MR) is 73.1 cm³/mol. The molecule has 4 nitrogen and oxygen atoms in total. The summed E-state index contributed by atoms with van der Waals surface area (Å²) in [5.41, 5.74) is 6.60. The standard InChI is InChI=1S/C11H20N2O2.C2H6.H2/c1-3-9(2)11(14)10(12)8-13-4-6-15-7-5-13;1-2;/h3,10H,4-8,12H2,1-2H3;1-2H3;1H/t10-;;/m0../s1. The first-order chi connectivity index (χ1) is 8.15. The number of nitrogens with two attached hydrogens (primary N) is 1. The fraction of sp³-hybridized carbons (Fsp3) is 0.769. The molecule has 1 aliphatic heterocycles. The molecule has 1 aliphatic rings. The lowest BCUT2D eigenvalue weighted by Gasteiger charge is -2.28. The molecule has 0 aromatic carbocycles. The quantitative estimate of drug-likeness (QED) is 0.761. The first-order valence-electron chi connectivity index (χ1n) is 6.38. The van der Waals surface area contributed by atoms with E-state index in [1.807, 2.05) is 33.8 Å². The normalized spacial score (nSPS) is 19.2. The number of ketones is 1. The molecule has 1 rings (SSSR count). The third kappa shape index (κ3) is 5.96. The topological polar surface area (TPSA) is 55.6 Å². The molecule has 17 heavy (non-hydrogen) atoms. The molecule has 0 radical (unpaired) electrons. The van der Waals surface area contributed by atoms with Gasteiger partial charge in [0.05, 0.1) is 19.3 Å². The zero-order valence-corrected chi connectivity index (χ0v) is 11.5. The fourth-order valence-corrected chi connectivity index (χ4v) is 1.58. The van der Waals surface area contributed by atoms with E-state index in [9.17, 15) is 4.79 Å². The van der Waals surface area contributed by atoms with Crippen LogP contribution in [0.1, 0.15) is 29.1 Å². The molecule has 2 N–H and O–H groups in total. The van der Waals surface area contributed by atoms with Crippen LogP contribution in [0.25, 0.3) is 0 Å². The second kappa shape index (κ2) is 9.33. The van der Waals surface area contributed by atoms with Gasteiger partial charge in [0.2, 0.25) is 0 Å². The Hall–Kier alpha value is -0.710. The maximum Gasteiger partial charge on any atom is 0.176 e. The summed E-state index contributed by atoms with van der Waals surface area (Å²) in [7, 11) is 0. The fourth-order valence-electron chi connectivity index (χ4n) is 1.58. The average molecular weight is 244 g/mol. The van der Waals surface area contributed by atoms with E-state index in [4.69, 9.17) is 10.5 Å². The summed E-state index contributed by atoms with van der Waals surface area (Å²) in [5, 5.41) is 0. The Morgan fingerprint density at radius 2 is 2.00 bits per heavy atom. The number of morpholine rings is 1. The van der Waals surface area contributed by atoms with Crippen LogP contribution in [0.15, 0.2) is 11.6 Å². The average Bonchev–Trinajstić information content (AvgIpc) is 2.40. The molecule has 0 aliphatic carbocycles. The molecule has 102 valence electrons. The third-order valence-corrected chi connectivity index (χ3v) is 2.72. The van der Waals surface area contributed by atoms with E-state index in [0.29, 0.717) is 6.54 Å². The molecular weight excluding hydrogens is 216 g/mol. The Morgan fingerprint density at radius 3 is 2.47 bits per heavy atom. The van der Waals surface area contributed by atoms with E-state index in [0.717, 1.165) is 31.9 Å². The van der Waals surface area contributed by atoms with Crippen LogP contribution >= 0.6 is 0 Å². The minimum atomic E-state index is -0.403. The summed E-state index contributed by atoms with van der Waals surface area (Å²) in [5.74, 6) is 0.0454. The van der Waals surface area contributed by atoms with Crippen LogP contribution in [0.4, 0.5) is 0 Å². The number of hydrogen-bond donors (Lipinski definition) is 1. The van der Waals surface area contributed by atoms with Crippen molar-refractivity contribution >= 4 is 5.78 Å². The number of nitrogens with zero attached hydrogens (tertiary/aromatic N) is 1. The molecular formula is C13H28N2O2. The monoisotopic (exact) mass is 244 g/mol. The highest BCUT2D eigenvalue weighted by Crippen LogP contribution is 2.02. The van der Waals surface area contributed by atoms with Crippen molar-refractivity contribution < 1.29 is 11.0 Å². The molecule has 0 bridgehead atoms. The Kier molecular flexibility index (Phi) is 8.94. The van der Waals surface area contributed by atoms with Crippen molar-refractivity contribution in [3.8, 4) is 0 Å². The zero-order chi connectivity index (χ0) is 13.3. The van der Waals surface area contributed by atoms with Crippen molar-refractivity contribution in [2.75, 3.05) is 32.8 Å². The van der Waals surface area contributed by atoms with Crippen molar-refractivity contribution in [2.45, 2.75) is 33.7 Å². The Labute approximate surface area is 106 Å². The number of Topliss-reactive ketones (excluding diaryl/α,β-unsaturated/α-hetero) is 1. The van der Waals surface area contributed by atoms with Crippen LogP contribution in [0, 0.1) is 0 Å². The zero-order valence-electron chi connectivity index (χ0n) is 11.5. The molecule has 1 atom stereocenters. The van der Waals surface area contributed by atoms with E-state index in [1.54, 1.807) is 0 Å². The molecule has 0 spiro atoms. The van der Waals surface area contributed by atoms with Crippen molar-refractivity contribution in [1.82, 2.24) is 4.90 Å². The third-order valence-electron chi connectivity index (χ3n) is 2.72. The van der Waals surface area contributed by atoms with Gasteiger partial charge in [0.15, 0.2) is 5.78 Å². The Morgan fingerprint density at radius 1 is 1.47 bits per heavy atom. The number of allylic oxidation sites excluding steroid dienone is 1. The Bertz CT molecular complexity index is 251. The van der Waals surface area contributed by atoms with Crippen LogP contribution in [0.3, 0.4) is 0 Å². The number of hydrogen-bond acceptors (Lipinski definition) is 4. The lowest BCUT2D eigenvalue weighted by atomic mass is 10.1. The maximum atomic E-state index is 11.7. The summed E-state index contributed by atoms with van der Waals surface area (Å²) >= 11 is 0. The van der Waals surface area contributed by atoms with Gasteiger partial charge in [-0.2, -0.15) is 0 Å². The molecule has 1 fully saturated rings. The van der Waals surface area contributed by atoms with Gasteiger partial charge in [-0.1, -0.05) is 19.9 Å². The van der Waals surface area contributed by atoms with Gasteiger partial charge in [0.1, 0.15) is 0 Å². The first-order valence-corrected chi connectivity index (χ1v) is 6.38.